The number of aromatic nitrogens is 2. The van der Waals surface area contributed by atoms with Crippen LogP contribution >= 0.6 is 15.9 Å². The van der Waals surface area contributed by atoms with Gasteiger partial charge in [-0.3, -0.25) is 4.79 Å². The maximum atomic E-state index is 12.3. The normalized spacial score (nSPS) is 22.1. The van der Waals surface area contributed by atoms with Crippen LogP contribution < -0.4 is 5.32 Å². The summed E-state index contributed by atoms with van der Waals surface area (Å²) in [7, 11) is 0. The summed E-state index contributed by atoms with van der Waals surface area (Å²) in [5.74, 6) is 0.107. The fraction of sp³-hybridized carbons (Fsp3) is 0.500. The smallest absolute Gasteiger partial charge is 0.154 e. The van der Waals surface area contributed by atoms with E-state index in [1.165, 1.54) is 0 Å². The van der Waals surface area contributed by atoms with Gasteiger partial charge in [-0.2, -0.15) is 0 Å². The predicted octanol–water partition coefficient (Wildman–Crippen LogP) is 2.18. The van der Waals surface area contributed by atoms with Crippen LogP contribution in [0.25, 0.3) is 11.0 Å². The van der Waals surface area contributed by atoms with Gasteiger partial charge in [0.25, 0.3) is 0 Å². The maximum absolute atomic E-state index is 12.3. The number of benzene rings is 1. The Morgan fingerprint density at radius 2 is 2.36 bits per heavy atom. The van der Waals surface area contributed by atoms with E-state index in [-0.39, 0.29) is 18.4 Å². The van der Waals surface area contributed by atoms with Crippen LogP contribution in [0.3, 0.4) is 0 Å². The highest BCUT2D eigenvalue weighted by molar-refractivity contribution is 9.10. The molecule has 1 fully saturated rings. The summed E-state index contributed by atoms with van der Waals surface area (Å²) >= 11 is 3.49. The molecule has 2 heterocycles. The van der Waals surface area contributed by atoms with Crippen molar-refractivity contribution in [3.05, 3.63) is 28.5 Å². The first-order chi connectivity index (χ1) is 10.5. The highest BCUT2D eigenvalue weighted by atomic mass is 79.9. The van der Waals surface area contributed by atoms with Gasteiger partial charge in [-0.1, -0.05) is 15.9 Å². The lowest BCUT2D eigenvalue weighted by Crippen LogP contribution is -2.46. The molecule has 1 aromatic carbocycles. The monoisotopic (exact) mass is 365 g/mol. The molecule has 22 heavy (non-hydrogen) atoms. The first kappa shape index (κ1) is 15.6. The molecule has 3 rings (SSSR count). The molecular weight excluding hydrogens is 346 g/mol. The second-order valence-corrected chi connectivity index (χ2v) is 6.89. The fourth-order valence-electron chi connectivity index (χ4n) is 3.06. The molecule has 118 valence electrons. The topological polar surface area (TPSA) is 67.2 Å². The van der Waals surface area contributed by atoms with E-state index in [4.69, 9.17) is 0 Å². The number of piperidine rings is 1. The molecule has 1 saturated heterocycles. The summed E-state index contributed by atoms with van der Waals surface area (Å²) in [5.41, 5.74) is 2.96. The SMILES string of the molecule is Cc1cc(Br)cc2c1ncn2CC(=O)C[C@H]1NCCC[C@@H]1O. The Morgan fingerprint density at radius 3 is 3.14 bits per heavy atom. The molecule has 2 atom stereocenters. The molecule has 2 aromatic rings. The highest BCUT2D eigenvalue weighted by Gasteiger charge is 2.25. The van der Waals surface area contributed by atoms with E-state index in [1.54, 1.807) is 6.33 Å². The second kappa shape index (κ2) is 6.48. The molecule has 0 aliphatic carbocycles. The number of aryl methyl sites for hydroxylation is 1. The Labute approximate surface area is 137 Å². The van der Waals surface area contributed by atoms with Crippen LogP contribution in [-0.2, 0) is 11.3 Å². The zero-order valence-electron chi connectivity index (χ0n) is 12.6. The van der Waals surface area contributed by atoms with Gasteiger partial charge in [0.1, 0.15) is 0 Å². The molecule has 0 spiro atoms. The first-order valence-electron chi connectivity index (χ1n) is 7.59. The molecule has 6 heteroatoms. The quantitative estimate of drug-likeness (QED) is 0.871. The molecule has 0 bridgehead atoms. The number of hydrogen-bond acceptors (Lipinski definition) is 4. The maximum Gasteiger partial charge on any atom is 0.154 e. The van der Waals surface area contributed by atoms with E-state index >= 15 is 0 Å². The van der Waals surface area contributed by atoms with Crippen LogP contribution in [0.5, 0.6) is 0 Å². The largest absolute Gasteiger partial charge is 0.391 e. The molecular formula is C16H20BrN3O2. The number of imidazole rings is 1. The van der Waals surface area contributed by atoms with Crippen LogP contribution in [0.2, 0.25) is 0 Å². The number of rotatable bonds is 4. The lowest BCUT2D eigenvalue weighted by Gasteiger charge is -2.28. The number of ketones is 1. The number of halogens is 1. The number of hydrogen-bond donors (Lipinski definition) is 2. The van der Waals surface area contributed by atoms with Crippen molar-refractivity contribution in [1.29, 1.82) is 0 Å². The Morgan fingerprint density at radius 1 is 1.55 bits per heavy atom. The van der Waals surface area contributed by atoms with Crippen molar-refractivity contribution in [3.8, 4) is 0 Å². The van der Waals surface area contributed by atoms with Gasteiger partial charge in [-0.25, -0.2) is 4.98 Å². The number of Topliss-reactive ketones (excluding diaryl/α,β-unsaturated/α-hetero) is 1. The van der Waals surface area contributed by atoms with Crippen molar-refractivity contribution < 1.29 is 9.90 Å². The molecule has 0 saturated carbocycles. The van der Waals surface area contributed by atoms with Gasteiger partial charge in [0.15, 0.2) is 5.78 Å². The minimum Gasteiger partial charge on any atom is -0.391 e. The number of carbonyl (C=O) groups excluding carboxylic acids is 1. The summed E-state index contributed by atoms with van der Waals surface area (Å²) in [6.07, 6.45) is 3.38. The third-order valence-electron chi connectivity index (χ3n) is 4.22. The lowest BCUT2D eigenvalue weighted by molar-refractivity contribution is -0.121. The van der Waals surface area contributed by atoms with E-state index in [0.29, 0.717) is 6.42 Å². The zero-order chi connectivity index (χ0) is 15.7. The Kier molecular flexibility index (Phi) is 4.61. The van der Waals surface area contributed by atoms with Crippen LogP contribution in [0.4, 0.5) is 0 Å². The number of aliphatic hydroxyl groups is 1. The van der Waals surface area contributed by atoms with Gasteiger partial charge in [0, 0.05) is 16.9 Å². The average molecular weight is 366 g/mol. The summed E-state index contributed by atoms with van der Waals surface area (Å²) in [5, 5.41) is 13.2. The van der Waals surface area contributed by atoms with Gasteiger partial charge in [-0.05, 0) is 44.0 Å². The van der Waals surface area contributed by atoms with Gasteiger partial charge in [-0.15, -0.1) is 0 Å². The van der Waals surface area contributed by atoms with Gasteiger partial charge < -0.3 is 15.0 Å². The molecule has 1 aliphatic heterocycles. The number of aliphatic hydroxyl groups excluding tert-OH is 1. The Hall–Kier alpha value is -1.24. The number of nitrogens with zero attached hydrogens (tertiary/aromatic N) is 2. The third kappa shape index (κ3) is 3.24. The van der Waals surface area contributed by atoms with Crippen molar-refractivity contribution in [3.63, 3.8) is 0 Å². The lowest BCUT2D eigenvalue weighted by atomic mass is 9.97. The molecule has 0 amide bonds. The van der Waals surface area contributed by atoms with E-state index < -0.39 is 6.10 Å². The first-order valence-corrected chi connectivity index (χ1v) is 8.38. The number of fused-ring (bicyclic) bond motifs is 1. The molecule has 1 aromatic heterocycles. The molecule has 0 radical (unpaired) electrons. The van der Waals surface area contributed by atoms with Crippen LogP contribution in [-0.4, -0.2) is 39.1 Å². The minimum absolute atomic E-state index is 0.107. The van der Waals surface area contributed by atoms with E-state index in [0.717, 1.165) is 40.5 Å². The third-order valence-corrected chi connectivity index (χ3v) is 4.68. The molecule has 2 N–H and O–H groups in total. The fourth-order valence-corrected chi connectivity index (χ4v) is 3.62. The summed E-state index contributed by atoms with van der Waals surface area (Å²) in [6.45, 7) is 3.17. The van der Waals surface area contributed by atoms with Crippen molar-refractivity contribution in [1.82, 2.24) is 14.9 Å². The van der Waals surface area contributed by atoms with E-state index in [9.17, 15) is 9.90 Å². The molecule has 5 nitrogen and oxygen atoms in total. The predicted molar refractivity (Wildman–Crippen MR) is 88.8 cm³/mol. The number of nitrogens with one attached hydrogen (secondary N) is 1. The summed E-state index contributed by atoms with van der Waals surface area (Å²) in [6, 6.07) is 3.88. The molecule has 0 unspecified atom stereocenters. The highest BCUT2D eigenvalue weighted by Crippen LogP contribution is 2.23. The van der Waals surface area contributed by atoms with Gasteiger partial charge in [0.05, 0.1) is 30.0 Å². The van der Waals surface area contributed by atoms with Crippen LogP contribution in [0.15, 0.2) is 22.9 Å². The van der Waals surface area contributed by atoms with E-state index in [1.807, 2.05) is 23.6 Å². The zero-order valence-corrected chi connectivity index (χ0v) is 14.1. The summed E-state index contributed by atoms with van der Waals surface area (Å²) in [4.78, 5) is 16.7. The second-order valence-electron chi connectivity index (χ2n) is 5.98. The Balaban J connectivity index is 1.74. The average Bonchev–Trinajstić information content (AvgIpc) is 2.85. The number of carbonyl (C=O) groups is 1. The van der Waals surface area contributed by atoms with Crippen molar-refractivity contribution >= 4 is 32.7 Å². The van der Waals surface area contributed by atoms with E-state index in [2.05, 4.69) is 26.2 Å². The molecule has 1 aliphatic rings. The van der Waals surface area contributed by atoms with Crippen molar-refractivity contribution in [2.24, 2.45) is 0 Å². The van der Waals surface area contributed by atoms with Crippen molar-refractivity contribution in [2.45, 2.75) is 44.9 Å². The van der Waals surface area contributed by atoms with Crippen molar-refractivity contribution in [2.75, 3.05) is 6.54 Å². The standard InChI is InChI=1S/C16H20BrN3O2/c1-10-5-11(17)6-14-16(10)19-9-20(14)8-12(21)7-13-15(22)3-2-4-18-13/h5-6,9,13,15,18,22H,2-4,7-8H2,1H3/t13-,15+/m1/s1. The Bertz CT molecular complexity index is 698. The minimum atomic E-state index is -0.423. The van der Waals surface area contributed by atoms with Gasteiger partial charge >= 0.3 is 0 Å². The summed E-state index contributed by atoms with van der Waals surface area (Å²) < 4.78 is 2.86. The van der Waals surface area contributed by atoms with Crippen LogP contribution in [0, 0.1) is 6.92 Å². The van der Waals surface area contributed by atoms with Crippen LogP contribution in [0.1, 0.15) is 24.8 Å². The van der Waals surface area contributed by atoms with Gasteiger partial charge in [0.2, 0.25) is 0 Å².